The zero-order valence-electron chi connectivity index (χ0n) is 10.7. The Bertz CT molecular complexity index is 778. The fraction of sp³-hybridized carbons (Fsp3) is 0.0667. The molecule has 0 aliphatic carbocycles. The maximum Gasteiger partial charge on any atom is 0.255 e. The van der Waals surface area contributed by atoms with Gasteiger partial charge in [0.25, 0.3) is 5.91 Å². The Balaban J connectivity index is 1.86. The van der Waals surface area contributed by atoms with E-state index in [1.807, 2.05) is 0 Å². The number of carbonyl (C=O) groups is 1. The first-order valence-electron chi connectivity index (χ1n) is 6.06. The molecule has 0 spiro atoms. The second-order valence-electron chi connectivity index (χ2n) is 4.38. The summed E-state index contributed by atoms with van der Waals surface area (Å²) in [6.45, 7) is 1.77. The zero-order valence-corrected chi connectivity index (χ0v) is 11.4. The van der Waals surface area contributed by atoms with Crippen LogP contribution >= 0.6 is 11.6 Å². The average molecular weight is 287 g/mol. The number of amides is 1. The van der Waals surface area contributed by atoms with Crippen molar-refractivity contribution in [3.05, 3.63) is 58.9 Å². The maximum atomic E-state index is 12.1. The van der Waals surface area contributed by atoms with Crippen LogP contribution in [0, 0.1) is 6.92 Å². The number of hydrogen-bond donors (Lipinski definition) is 1. The normalized spacial score (nSPS) is 10.7. The highest BCUT2D eigenvalue weighted by molar-refractivity contribution is 6.30. The van der Waals surface area contributed by atoms with Gasteiger partial charge < -0.3 is 9.73 Å². The van der Waals surface area contributed by atoms with Crippen molar-refractivity contribution in [1.29, 1.82) is 0 Å². The first kappa shape index (κ1) is 12.7. The van der Waals surface area contributed by atoms with Gasteiger partial charge in [-0.3, -0.25) is 4.79 Å². The monoisotopic (exact) mass is 286 g/mol. The van der Waals surface area contributed by atoms with Gasteiger partial charge in [-0.25, -0.2) is 4.98 Å². The Morgan fingerprint density at radius 1 is 1.20 bits per heavy atom. The molecule has 0 saturated heterocycles. The predicted molar refractivity (Wildman–Crippen MR) is 78.2 cm³/mol. The van der Waals surface area contributed by atoms with Gasteiger partial charge in [-0.05, 0) is 42.5 Å². The van der Waals surface area contributed by atoms with Crippen LogP contribution in [0.25, 0.3) is 11.1 Å². The molecule has 0 unspecified atom stereocenters. The number of nitrogens with one attached hydrogen (secondary N) is 1. The van der Waals surface area contributed by atoms with Crippen molar-refractivity contribution in [1.82, 2.24) is 4.98 Å². The summed E-state index contributed by atoms with van der Waals surface area (Å²) < 4.78 is 5.42. The summed E-state index contributed by atoms with van der Waals surface area (Å²) in [5.74, 6) is 0.374. The third-order valence-corrected chi connectivity index (χ3v) is 3.11. The van der Waals surface area contributed by atoms with E-state index in [1.165, 1.54) is 0 Å². The van der Waals surface area contributed by atoms with Crippen LogP contribution in [0.2, 0.25) is 5.02 Å². The van der Waals surface area contributed by atoms with Crippen LogP contribution in [-0.2, 0) is 0 Å². The van der Waals surface area contributed by atoms with E-state index in [0.29, 0.717) is 27.7 Å². The molecular weight excluding hydrogens is 276 g/mol. The van der Waals surface area contributed by atoms with E-state index in [1.54, 1.807) is 49.4 Å². The largest absolute Gasteiger partial charge is 0.441 e. The first-order chi connectivity index (χ1) is 9.61. The molecule has 1 N–H and O–H groups in total. The van der Waals surface area contributed by atoms with Crippen LogP contribution < -0.4 is 5.32 Å². The van der Waals surface area contributed by atoms with E-state index in [-0.39, 0.29) is 5.91 Å². The highest BCUT2D eigenvalue weighted by Gasteiger charge is 2.09. The third kappa shape index (κ3) is 2.51. The molecule has 1 heterocycles. The van der Waals surface area contributed by atoms with Gasteiger partial charge in [0.2, 0.25) is 0 Å². The highest BCUT2D eigenvalue weighted by atomic mass is 35.5. The molecule has 100 valence electrons. The number of fused-ring (bicyclic) bond motifs is 1. The molecule has 5 heteroatoms. The minimum Gasteiger partial charge on any atom is -0.441 e. The summed E-state index contributed by atoms with van der Waals surface area (Å²) in [6.07, 6.45) is 0. The fourth-order valence-corrected chi connectivity index (χ4v) is 2.04. The molecule has 0 radical (unpaired) electrons. The Kier molecular flexibility index (Phi) is 3.16. The second-order valence-corrected chi connectivity index (χ2v) is 4.81. The van der Waals surface area contributed by atoms with E-state index < -0.39 is 0 Å². The molecular formula is C15H11ClN2O2. The van der Waals surface area contributed by atoms with Crippen LogP contribution in [0.1, 0.15) is 16.2 Å². The number of halogens is 1. The number of aryl methyl sites for hydroxylation is 1. The lowest BCUT2D eigenvalue weighted by Gasteiger charge is -2.05. The first-order valence-corrected chi connectivity index (χ1v) is 6.44. The van der Waals surface area contributed by atoms with Gasteiger partial charge in [0.05, 0.1) is 0 Å². The molecule has 0 aliphatic heterocycles. The topological polar surface area (TPSA) is 55.1 Å². The van der Waals surface area contributed by atoms with Crippen molar-refractivity contribution in [3.8, 4) is 0 Å². The minimum atomic E-state index is -0.205. The van der Waals surface area contributed by atoms with Gasteiger partial charge in [0.15, 0.2) is 11.5 Å². The van der Waals surface area contributed by atoms with Gasteiger partial charge in [0.1, 0.15) is 5.52 Å². The molecule has 20 heavy (non-hydrogen) atoms. The molecule has 0 saturated carbocycles. The van der Waals surface area contributed by atoms with E-state index in [4.69, 9.17) is 16.0 Å². The molecule has 1 amide bonds. The summed E-state index contributed by atoms with van der Waals surface area (Å²) in [5, 5.41) is 3.42. The van der Waals surface area contributed by atoms with Gasteiger partial charge in [0, 0.05) is 23.2 Å². The van der Waals surface area contributed by atoms with Gasteiger partial charge in [-0.15, -0.1) is 0 Å². The lowest BCUT2D eigenvalue weighted by Crippen LogP contribution is -2.11. The lowest BCUT2D eigenvalue weighted by molar-refractivity contribution is 0.102. The van der Waals surface area contributed by atoms with Crippen LogP contribution in [-0.4, -0.2) is 10.9 Å². The smallest absolute Gasteiger partial charge is 0.255 e. The van der Waals surface area contributed by atoms with Crippen LogP contribution in [0.15, 0.2) is 46.9 Å². The standard InChI is InChI=1S/C15H11ClN2O2/c1-9-17-13-7-2-10(8-14(13)20-9)15(19)18-12-5-3-11(16)4-6-12/h2-8H,1H3,(H,18,19). The number of anilines is 1. The van der Waals surface area contributed by atoms with Gasteiger partial charge >= 0.3 is 0 Å². The molecule has 3 aromatic rings. The van der Waals surface area contributed by atoms with Crippen molar-refractivity contribution in [2.45, 2.75) is 6.92 Å². The number of rotatable bonds is 2. The number of oxazole rings is 1. The summed E-state index contributed by atoms with van der Waals surface area (Å²) in [6, 6.07) is 12.1. The van der Waals surface area contributed by atoms with Crippen LogP contribution in [0.3, 0.4) is 0 Å². The lowest BCUT2D eigenvalue weighted by atomic mass is 10.2. The molecule has 1 aromatic heterocycles. The maximum absolute atomic E-state index is 12.1. The summed E-state index contributed by atoms with van der Waals surface area (Å²) in [5.41, 5.74) is 2.55. The molecule has 3 rings (SSSR count). The fourth-order valence-electron chi connectivity index (χ4n) is 1.92. The number of benzene rings is 2. The SMILES string of the molecule is Cc1nc2ccc(C(=O)Nc3ccc(Cl)cc3)cc2o1. The van der Waals surface area contributed by atoms with E-state index in [9.17, 15) is 4.79 Å². The Morgan fingerprint density at radius 2 is 1.95 bits per heavy atom. The number of carbonyl (C=O) groups excluding carboxylic acids is 1. The average Bonchev–Trinajstić information content (AvgIpc) is 2.80. The number of hydrogen-bond acceptors (Lipinski definition) is 3. The Hall–Kier alpha value is -2.33. The molecule has 4 nitrogen and oxygen atoms in total. The van der Waals surface area contributed by atoms with Crippen molar-refractivity contribution >= 4 is 34.3 Å². The third-order valence-electron chi connectivity index (χ3n) is 2.86. The molecule has 0 atom stereocenters. The Morgan fingerprint density at radius 3 is 2.70 bits per heavy atom. The van der Waals surface area contributed by atoms with E-state index in [2.05, 4.69) is 10.3 Å². The second kappa shape index (κ2) is 4.98. The van der Waals surface area contributed by atoms with Crippen molar-refractivity contribution in [2.24, 2.45) is 0 Å². The van der Waals surface area contributed by atoms with Crippen LogP contribution in [0.4, 0.5) is 5.69 Å². The molecule has 0 fully saturated rings. The van der Waals surface area contributed by atoms with Crippen LogP contribution in [0.5, 0.6) is 0 Å². The van der Waals surface area contributed by atoms with E-state index in [0.717, 1.165) is 5.52 Å². The van der Waals surface area contributed by atoms with Gasteiger partial charge in [-0.2, -0.15) is 0 Å². The minimum absolute atomic E-state index is 0.205. The zero-order chi connectivity index (χ0) is 14.1. The summed E-state index contributed by atoms with van der Waals surface area (Å²) in [7, 11) is 0. The molecule has 2 aromatic carbocycles. The van der Waals surface area contributed by atoms with Gasteiger partial charge in [-0.1, -0.05) is 11.6 Å². The molecule has 0 bridgehead atoms. The quantitative estimate of drug-likeness (QED) is 0.773. The van der Waals surface area contributed by atoms with Crippen molar-refractivity contribution in [3.63, 3.8) is 0 Å². The highest BCUT2D eigenvalue weighted by Crippen LogP contribution is 2.18. The predicted octanol–water partition coefficient (Wildman–Crippen LogP) is 4.04. The summed E-state index contributed by atoms with van der Waals surface area (Å²) >= 11 is 5.80. The van der Waals surface area contributed by atoms with Crippen molar-refractivity contribution < 1.29 is 9.21 Å². The number of aromatic nitrogens is 1. The number of nitrogens with zero attached hydrogens (tertiary/aromatic N) is 1. The van der Waals surface area contributed by atoms with E-state index >= 15 is 0 Å². The summed E-state index contributed by atoms with van der Waals surface area (Å²) in [4.78, 5) is 16.3. The van der Waals surface area contributed by atoms with Crippen molar-refractivity contribution in [2.75, 3.05) is 5.32 Å². The molecule has 0 aliphatic rings. The Labute approximate surface area is 120 Å².